The lowest BCUT2D eigenvalue weighted by Gasteiger charge is -2.20. The largest absolute Gasteiger partial charge is 0.416 e. The number of fused-ring (bicyclic) bond motifs is 1. The number of H-pyrrole nitrogens is 1. The average molecular weight is 390 g/mol. The van der Waals surface area contributed by atoms with E-state index in [9.17, 15) is 18.0 Å². The molecule has 2 aromatic carbocycles. The Kier molecular flexibility index (Phi) is 5.58. The molecule has 0 aliphatic heterocycles. The Morgan fingerprint density at radius 3 is 2.57 bits per heavy atom. The van der Waals surface area contributed by atoms with E-state index in [-0.39, 0.29) is 18.5 Å². The van der Waals surface area contributed by atoms with Crippen LogP contribution in [0.5, 0.6) is 0 Å². The van der Waals surface area contributed by atoms with E-state index in [1.54, 1.807) is 0 Å². The van der Waals surface area contributed by atoms with Gasteiger partial charge in [0.1, 0.15) is 5.82 Å². The molecule has 1 aromatic heterocycles. The number of amides is 2. The Hall–Kier alpha value is -3.03. The van der Waals surface area contributed by atoms with Crippen LogP contribution in [-0.2, 0) is 12.7 Å². The summed E-state index contributed by atoms with van der Waals surface area (Å²) in [6.45, 7) is 3.89. The molecule has 0 saturated carbocycles. The SMILES string of the molecule is CC(C)C(NC(=O)NCc1cccc(C(F)(F)F)c1)c1nc2ccccc2[nH]1. The molecule has 1 heterocycles. The summed E-state index contributed by atoms with van der Waals surface area (Å²) in [6, 6.07) is 11.6. The fraction of sp³-hybridized carbons (Fsp3) is 0.300. The first-order chi connectivity index (χ1) is 13.2. The standard InChI is InChI=1S/C20H21F3N4O/c1-12(2)17(18-25-15-8-3-4-9-16(15)26-18)27-19(28)24-11-13-6-5-7-14(10-13)20(21,22)23/h3-10,12,17H,11H2,1-2H3,(H,25,26)(H2,24,27,28). The number of alkyl halides is 3. The Morgan fingerprint density at radius 1 is 1.14 bits per heavy atom. The highest BCUT2D eigenvalue weighted by atomic mass is 19.4. The number of nitrogens with zero attached hydrogens (tertiary/aromatic N) is 1. The smallest absolute Gasteiger partial charge is 0.340 e. The number of nitrogens with one attached hydrogen (secondary N) is 3. The van der Waals surface area contributed by atoms with E-state index in [0.29, 0.717) is 11.4 Å². The summed E-state index contributed by atoms with van der Waals surface area (Å²) in [4.78, 5) is 20.0. The molecular formula is C20H21F3N4O. The van der Waals surface area contributed by atoms with Gasteiger partial charge < -0.3 is 15.6 Å². The molecule has 0 spiro atoms. The minimum absolute atomic E-state index is 0.0132. The van der Waals surface area contributed by atoms with Gasteiger partial charge in [0.15, 0.2) is 0 Å². The summed E-state index contributed by atoms with van der Waals surface area (Å²) < 4.78 is 38.4. The van der Waals surface area contributed by atoms with Crippen molar-refractivity contribution in [2.24, 2.45) is 5.92 Å². The lowest BCUT2D eigenvalue weighted by molar-refractivity contribution is -0.137. The van der Waals surface area contributed by atoms with E-state index in [4.69, 9.17) is 0 Å². The van der Waals surface area contributed by atoms with Gasteiger partial charge >= 0.3 is 12.2 Å². The predicted molar refractivity (Wildman–Crippen MR) is 100 cm³/mol. The van der Waals surface area contributed by atoms with Gasteiger partial charge in [-0.05, 0) is 35.7 Å². The van der Waals surface area contributed by atoms with Crippen molar-refractivity contribution in [1.29, 1.82) is 0 Å². The molecule has 0 saturated heterocycles. The zero-order valence-corrected chi connectivity index (χ0v) is 15.5. The van der Waals surface area contributed by atoms with Crippen molar-refractivity contribution < 1.29 is 18.0 Å². The van der Waals surface area contributed by atoms with Crippen LogP contribution < -0.4 is 10.6 Å². The maximum Gasteiger partial charge on any atom is 0.416 e. The van der Waals surface area contributed by atoms with Crippen LogP contribution in [0.3, 0.4) is 0 Å². The number of carbonyl (C=O) groups is 1. The summed E-state index contributed by atoms with van der Waals surface area (Å²) in [7, 11) is 0. The number of hydrogen-bond donors (Lipinski definition) is 3. The molecule has 5 nitrogen and oxygen atoms in total. The second kappa shape index (κ2) is 7.92. The molecule has 8 heteroatoms. The van der Waals surface area contributed by atoms with Gasteiger partial charge in [-0.1, -0.05) is 38.1 Å². The number of aromatic nitrogens is 2. The van der Waals surface area contributed by atoms with E-state index < -0.39 is 17.8 Å². The third kappa shape index (κ3) is 4.62. The molecule has 148 valence electrons. The van der Waals surface area contributed by atoms with E-state index in [1.165, 1.54) is 12.1 Å². The van der Waals surface area contributed by atoms with Crippen LogP contribution in [0.1, 0.15) is 36.8 Å². The molecule has 1 unspecified atom stereocenters. The maximum absolute atomic E-state index is 12.8. The first-order valence-electron chi connectivity index (χ1n) is 8.89. The van der Waals surface area contributed by atoms with Gasteiger partial charge in [0.05, 0.1) is 22.6 Å². The van der Waals surface area contributed by atoms with E-state index in [1.807, 2.05) is 38.1 Å². The lowest BCUT2D eigenvalue weighted by atomic mass is 10.0. The summed E-state index contributed by atoms with van der Waals surface area (Å²) in [6.07, 6.45) is -4.41. The van der Waals surface area contributed by atoms with Gasteiger partial charge in [-0.25, -0.2) is 9.78 Å². The molecule has 0 aliphatic carbocycles. The maximum atomic E-state index is 12.8. The molecule has 3 rings (SSSR count). The summed E-state index contributed by atoms with van der Waals surface area (Å²) in [5.41, 5.74) is 1.30. The Balaban J connectivity index is 1.67. The van der Waals surface area contributed by atoms with Crippen molar-refractivity contribution in [3.8, 4) is 0 Å². The molecule has 0 radical (unpaired) electrons. The Morgan fingerprint density at radius 2 is 1.89 bits per heavy atom. The minimum Gasteiger partial charge on any atom is -0.340 e. The average Bonchev–Trinajstić information content (AvgIpc) is 3.07. The highest BCUT2D eigenvalue weighted by molar-refractivity contribution is 5.76. The first-order valence-corrected chi connectivity index (χ1v) is 8.89. The van der Waals surface area contributed by atoms with Crippen LogP contribution in [0.2, 0.25) is 0 Å². The van der Waals surface area contributed by atoms with Crippen molar-refractivity contribution in [3.05, 3.63) is 65.5 Å². The number of urea groups is 1. The van der Waals surface area contributed by atoms with Crippen molar-refractivity contribution in [3.63, 3.8) is 0 Å². The fourth-order valence-corrected chi connectivity index (χ4v) is 2.90. The Labute approximate surface area is 160 Å². The number of halogens is 3. The van der Waals surface area contributed by atoms with Crippen molar-refractivity contribution >= 4 is 17.1 Å². The second-order valence-electron chi connectivity index (χ2n) is 6.89. The first kappa shape index (κ1) is 19.7. The van der Waals surface area contributed by atoms with Crippen LogP contribution in [0.25, 0.3) is 11.0 Å². The third-order valence-electron chi connectivity index (χ3n) is 4.36. The normalized spacial score (nSPS) is 12.9. The molecule has 1 atom stereocenters. The summed E-state index contributed by atoms with van der Waals surface area (Å²) in [5.74, 6) is 0.685. The number of benzene rings is 2. The van der Waals surface area contributed by atoms with Crippen LogP contribution in [0.15, 0.2) is 48.5 Å². The summed E-state index contributed by atoms with van der Waals surface area (Å²) in [5, 5.41) is 5.45. The second-order valence-corrected chi connectivity index (χ2v) is 6.89. The molecule has 0 aliphatic rings. The molecule has 0 bridgehead atoms. The van der Waals surface area contributed by atoms with Gasteiger partial charge in [0.25, 0.3) is 0 Å². The zero-order chi connectivity index (χ0) is 20.3. The van der Waals surface area contributed by atoms with Crippen LogP contribution in [0.4, 0.5) is 18.0 Å². The van der Waals surface area contributed by atoms with Gasteiger partial charge in [-0.3, -0.25) is 0 Å². The van der Waals surface area contributed by atoms with Gasteiger partial charge in [-0.15, -0.1) is 0 Å². The van der Waals surface area contributed by atoms with E-state index in [0.717, 1.165) is 23.2 Å². The number of imidazole rings is 1. The molecule has 28 heavy (non-hydrogen) atoms. The number of carbonyl (C=O) groups excluding carboxylic acids is 1. The van der Waals surface area contributed by atoms with Crippen molar-refractivity contribution in [1.82, 2.24) is 20.6 Å². The molecule has 3 N–H and O–H groups in total. The molecular weight excluding hydrogens is 369 g/mol. The summed E-state index contributed by atoms with van der Waals surface area (Å²) >= 11 is 0. The van der Waals surface area contributed by atoms with Gasteiger partial charge in [0, 0.05) is 6.54 Å². The highest BCUT2D eigenvalue weighted by Gasteiger charge is 2.30. The van der Waals surface area contributed by atoms with Crippen LogP contribution in [-0.4, -0.2) is 16.0 Å². The zero-order valence-electron chi connectivity index (χ0n) is 15.5. The quantitative estimate of drug-likeness (QED) is 0.587. The van der Waals surface area contributed by atoms with Gasteiger partial charge in [0.2, 0.25) is 0 Å². The van der Waals surface area contributed by atoms with Crippen LogP contribution in [0, 0.1) is 5.92 Å². The number of hydrogen-bond acceptors (Lipinski definition) is 2. The van der Waals surface area contributed by atoms with Gasteiger partial charge in [-0.2, -0.15) is 13.2 Å². The Bertz CT molecular complexity index is 932. The monoisotopic (exact) mass is 390 g/mol. The highest BCUT2D eigenvalue weighted by Crippen LogP contribution is 2.29. The topological polar surface area (TPSA) is 69.8 Å². The van der Waals surface area contributed by atoms with E-state index >= 15 is 0 Å². The minimum atomic E-state index is -4.41. The van der Waals surface area contributed by atoms with Crippen molar-refractivity contribution in [2.75, 3.05) is 0 Å². The number of aromatic amines is 1. The molecule has 3 aromatic rings. The van der Waals surface area contributed by atoms with E-state index in [2.05, 4.69) is 20.6 Å². The number of para-hydroxylation sites is 2. The number of rotatable bonds is 5. The fourth-order valence-electron chi connectivity index (χ4n) is 2.90. The predicted octanol–water partition coefficient (Wildman–Crippen LogP) is 4.78. The molecule has 0 fully saturated rings. The van der Waals surface area contributed by atoms with Crippen LogP contribution >= 0.6 is 0 Å². The third-order valence-corrected chi connectivity index (χ3v) is 4.36. The molecule has 2 amide bonds. The van der Waals surface area contributed by atoms with Crippen molar-refractivity contribution in [2.45, 2.75) is 32.6 Å². The lowest BCUT2D eigenvalue weighted by Crippen LogP contribution is -2.39.